The highest BCUT2D eigenvalue weighted by molar-refractivity contribution is 5.28. The number of benzene rings is 1. The fourth-order valence-electron chi connectivity index (χ4n) is 2.50. The molecular formula is C17H30N2O. The van der Waals surface area contributed by atoms with Crippen LogP contribution in [0.25, 0.3) is 0 Å². The number of ether oxygens (including phenoxy) is 1. The van der Waals surface area contributed by atoms with Crippen LogP contribution in [0.1, 0.15) is 32.8 Å². The van der Waals surface area contributed by atoms with E-state index in [0.29, 0.717) is 12.0 Å². The van der Waals surface area contributed by atoms with Crippen LogP contribution in [0, 0.1) is 5.92 Å². The molecule has 0 aliphatic carbocycles. The highest BCUT2D eigenvalue weighted by atomic mass is 16.5. The van der Waals surface area contributed by atoms with Crippen molar-refractivity contribution in [3.05, 3.63) is 29.8 Å². The number of hydrogen-bond acceptors (Lipinski definition) is 3. The molecule has 1 rings (SSSR count). The third kappa shape index (κ3) is 5.51. The Morgan fingerprint density at radius 1 is 1.30 bits per heavy atom. The van der Waals surface area contributed by atoms with Crippen molar-refractivity contribution in [2.75, 3.05) is 27.2 Å². The highest BCUT2D eigenvalue weighted by Crippen LogP contribution is 2.16. The summed E-state index contributed by atoms with van der Waals surface area (Å²) in [6.07, 6.45) is 1.18. The van der Waals surface area contributed by atoms with Gasteiger partial charge in [-0.3, -0.25) is 4.90 Å². The van der Waals surface area contributed by atoms with Crippen LogP contribution in [-0.4, -0.2) is 38.2 Å². The maximum atomic E-state index is 5.29. The van der Waals surface area contributed by atoms with E-state index in [0.717, 1.165) is 25.4 Å². The fourth-order valence-corrected chi connectivity index (χ4v) is 2.50. The number of nitrogens with zero attached hydrogens (tertiary/aromatic N) is 1. The lowest BCUT2D eigenvalue weighted by molar-refractivity contribution is 0.180. The standard InChI is InChI=1S/C17H30N2O/c1-6-10-18-12-17(14(2)3)19(4)13-15-8-7-9-16(11-15)20-5/h7-9,11,14,17-18H,6,10,12-13H2,1-5H3. The molecule has 0 radical (unpaired) electrons. The molecule has 0 aliphatic rings. The van der Waals surface area contributed by atoms with Crippen molar-refractivity contribution in [3.63, 3.8) is 0 Å². The quantitative estimate of drug-likeness (QED) is 0.702. The average Bonchev–Trinajstić information content (AvgIpc) is 2.43. The maximum absolute atomic E-state index is 5.29. The van der Waals surface area contributed by atoms with Crippen LogP contribution in [0.4, 0.5) is 0 Å². The second-order valence-electron chi connectivity index (χ2n) is 5.78. The number of methoxy groups -OCH3 is 1. The van der Waals surface area contributed by atoms with E-state index >= 15 is 0 Å². The third-order valence-electron chi connectivity index (χ3n) is 3.68. The number of hydrogen-bond donors (Lipinski definition) is 1. The van der Waals surface area contributed by atoms with Crippen molar-refractivity contribution in [1.29, 1.82) is 0 Å². The van der Waals surface area contributed by atoms with Crippen LogP contribution >= 0.6 is 0 Å². The van der Waals surface area contributed by atoms with Crippen molar-refractivity contribution in [2.45, 2.75) is 39.8 Å². The van der Waals surface area contributed by atoms with Gasteiger partial charge in [0.05, 0.1) is 7.11 Å². The normalized spacial score (nSPS) is 12.9. The first kappa shape index (κ1) is 17.0. The lowest BCUT2D eigenvalue weighted by Gasteiger charge is -2.31. The molecule has 20 heavy (non-hydrogen) atoms. The second kappa shape index (κ2) is 8.98. The van der Waals surface area contributed by atoms with E-state index in [4.69, 9.17) is 4.74 Å². The van der Waals surface area contributed by atoms with E-state index in [1.54, 1.807) is 7.11 Å². The van der Waals surface area contributed by atoms with E-state index in [1.165, 1.54) is 12.0 Å². The molecule has 0 spiro atoms. The van der Waals surface area contributed by atoms with Crippen molar-refractivity contribution in [2.24, 2.45) is 5.92 Å². The summed E-state index contributed by atoms with van der Waals surface area (Å²) in [6, 6.07) is 8.88. The van der Waals surface area contributed by atoms with Crippen LogP contribution in [0.15, 0.2) is 24.3 Å². The van der Waals surface area contributed by atoms with Gasteiger partial charge in [-0.25, -0.2) is 0 Å². The predicted octanol–water partition coefficient (Wildman–Crippen LogP) is 3.15. The molecule has 114 valence electrons. The van der Waals surface area contributed by atoms with Crippen LogP contribution < -0.4 is 10.1 Å². The Hall–Kier alpha value is -1.06. The Balaban J connectivity index is 2.62. The van der Waals surface area contributed by atoms with Gasteiger partial charge in [-0.15, -0.1) is 0 Å². The fraction of sp³-hybridized carbons (Fsp3) is 0.647. The van der Waals surface area contributed by atoms with Crippen LogP contribution in [0.3, 0.4) is 0 Å². The number of rotatable bonds is 9. The molecule has 3 nitrogen and oxygen atoms in total. The molecule has 1 unspecified atom stereocenters. The summed E-state index contributed by atoms with van der Waals surface area (Å²) in [7, 11) is 3.92. The molecule has 0 amide bonds. The predicted molar refractivity (Wildman–Crippen MR) is 86.2 cm³/mol. The van der Waals surface area contributed by atoms with Crippen LogP contribution in [-0.2, 0) is 6.54 Å². The number of likely N-dealkylation sites (N-methyl/N-ethyl adjacent to an activating group) is 1. The summed E-state index contributed by atoms with van der Waals surface area (Å²) in [5.41, 5.74) is 1.30. The van der Waals surface area contributed by atoms with Crippen molar-refractivity contribution in [1.82, 2.24) is 10.2 Å². The van der Waals surface area contributed by atoms with Crippen molar-refractivity contribution in [3.8, 4) is 5.75 Å². The molecule has 0 fully saturated rings. The highest BCUT2D eigenvalue weighted by Gasteiger charge is 2.18. The first-order chi connectivity index (χ1) is 9.58. The summed E-state index contributed by atoms with van der Waals surface area (Å²) in [5, 5.41) is 3.54. The van der Waals surface area contributed by atoms with Gasteiger partial charge in [0.25, 0.3) is 0 Å². The minimum Gasteiger partial charge on any atom is -0.497 e. The van der Waals surface area contributed by atoms with E-state index in [1.807, 2.05) is 6.07 Å². The van der Waals surface area contributed by atoms with Gasteiger partial charge in [-0.1, -0.05) is 32.9 Å². The molecule has 0 heterocycles. The summed E-state index contributed by atoms with van der Waals surface area (Å²) in [6.45, 7) is 9.88. The number of nitrogens with one attached hydrogen (secondary N) is 1. The Kier molecular flexibility index (Phi) is 7.63. The second-order valence-corrected chi connectivity index (χ2v) is 5.78. The lowest BCUT2D eigenvalue weighted by Crippen LogP contribution is -2.43. The van der Waals surface area contributed by atoms with Gasteiger partial charge in [0.1, 0.15) is 5.75 Å². The summed E-state index contributed by atoms with van der Waals surface area (Å²) < 4.78 is 5.29. The maximum Gasteiger partial charge on any atom is 0.119 e. The van der Waals surface area contributed by atoms with E-state index in [9.17, 15) is 0 Å². The summed E-state index contributed by atoms with van der Waals surface area (Å²) >= 11 is 0. The molecule has 1 aromatic rings. The van der Waals surface area contributed by atoms with Gasteiger partial charge < -0.3 is 10.1 Å². The van der Waals surface area contributed by atoms with Crippen molar-refractivity contribution >= 4 is 0 Å². The minimum atomic E-state index is 0.549. The van der Waals surface area contributed by atoms with Gasteiger partial charge >= 0.3 is 0 Å². The zero-order valence-corrected chi connectivity index (χ0v) is 13.6. The van der Waals surface area contributed by atoms with Gasteiger partial charge in [0.15, 0.2) is 0 Å². The Labute approximate surface area is 124 Å². The Morgan fingerprint density at radius 3 is 2.65 bits per heavy atom. The van der Waals surface area contributed by atoms with Gasteiger partial charge in [-0.2, -0.15) is 0 Å². The van der Waals surface area contributed by atoms with E-state index in [2.05, 4.69) is 56.2 Å². The lowest BCUT2D eigenvalue weighted by atomic mass is 10.0. The first-order valence-corrected chi connectivity index (χ1v) is 7.62. The van der Waals surface area contributed by atoms with Crippen LogP contribution in [0.5, 0.6) is 5.75 Å². The molecule has 1 atom stereocenters. The molecule has 0 saturated heterocycles. The average molecular weight is 278 g/mol. The van der Waals surface area contributed by atoms with Gasteiger partial charge in [-0.05, 0) is 43.6 Å². The molecule has 1 aromatic carbocycles. The third-order valence-corrected chi connectivity index (χ3v) is 3.68. The molecule has 0 bridgehead atoms. The SMILES string of the molecule is CCCNCC(C(C)C)N(C)Cc1cccc(OC)c1. The smallest absolute Gasteiger partial charge is 0.119 e. The zero-order valence-electron chi connectivity index (χ0n) is 13.6. The molecule has 0 saturated carbocycles. The monoisotopic (exact) mass is 278 g/mol. The Morgan fingerprint density at radius 2 is 2.05 bits per heavy atom. The molecule has 3 heteroatoms. The Bertz CT molecular complexity index is 379. The van der Waals surface area contributed by atoms with Gasteiger partial charge in [0, 0.05) is 19.1 Å². The molecule has 1 N–H and O–H groups in total. The summed E-state index contributed by atoms with van der Waals surface area (Å²) in [4.78, 5) is 2.43. The first-order valence-electron chi connectivity index (χ1n) is 7.62. The molecular weight excluding hydrogens is 248 g/mol. The van der Waals surface area contributed by atoms with Crippen molar-refractivity contribution < 1.29 is 4.74 Å². The molecule has 0 aliphatic heterocycles. The van der Waals surface area contributed by atoms with E-state index < -0.39 is 0 Å². The summed E-state index contributed by atoms with van der Waals surface area (Å²) in [5.74, 6) is 1.57. The molecule has 0 aromatic heterocycles. The largest absolute Gasteiger partial charge is 0.497 e. The zero-order chi connectivity index (χ0) is 15.0. The topological polar surface area (TPSA) is 24.5 Å². The minimum absolute atomic E-state index is 0.549. The van der Waals surface area contributed by atoms with Gasteiger partial charge in [0.2, 0.25) is 0 Å². The van der Waals surface area contributed by atoms with E-state index in [-0.39, 0.29) is 0 Å². The van der Waals surface area contributed by atoms with Crippen LogP contribution in [0.2, 0.25) is 0 Å².